The highest BCUT2D eigenvalue weighted by Crippen LogP contribution is 2.21. The molecule has 8 nitrogen and oxygen atoms in total. The van der Waals surface area contributed by atoms with Crippen LogP contribution in [0.4, 0.5) is 0 Å². The summed E-state index contributed by atoms with van der Waals surface area (Å²) in [5.41, 5.74) is 4.97. The number of carbonyl (C=O) groups excluding carboxylic acids is 2. The van der Waals surface area contributed by atoms with Crippen molar-refractivity contribution in [2.45, 2.75) is 17.7 Å². The molecule has 10 heteroatoms. The molecule has 1 aliphatic rings. The number of halogens is 1. The fourth-order valence-corrected chi connectivity index (χ4v) is 4.25. The Hall–Kier alpha value is -2.49. The van der Waals surface area contributed by atoms with Gasteiger partial charge < -0.3 is 0 Å². The maximum atomic E-state index is 12.5. The van der Waals surface area contributed by atoms with E-state index in [0.717, 1.165) is 12.8 Å². The van der Waals surface area contributed by atoms with Gasteiger partial charge in [0.15, 0.2) is 0 Å². The molecule has 1 saturated heterocycles. The predicted octanol–water partition coefficient (Wildman–Crippen LogP) is 1.59. The van der Waals surface area contributed by atoms with Gasteiger partial charge in [-0.15, -0.1) is 0 Å². The van der Waals surface area contributed by atoms with Crippen LogP contribution in [0.25, 0.3) is 0 Å². The Kier molecular flexibility index (Phi) is 5.73. The van der Waals surface area contributed by atoms with E-state index in [-0.39, 0.29) is 21.2 Å². The Morgan fingerprint density at radius 1 is 0.926 bits per heavy atom. The van der Waals surface area contributed by atoms with Crippen molar-refractivity contribution in [3.63, 3.8) is 0 Å². The van der Waals surface area contributed by atoms with Crippen LogP contribution in [0.15, 0.2) is 47.5 Å². The molecule has 0 spiro atoms. The Morgan fingerprint density at radius 2 is 1.48 bits per heavy atom. The third kappa shape index (κ3) is 4.44. The molecular formula is C17H17ClN4O4S. The third-order valence-corrected chi connectivity index (χ3v) is 6.23. The van der Waals surface area contributed by atoms with Gasteiger partial charge in [0.1, 0.15) is 5.15 Å². The number of benzene rings is 1. The van der Waals surface area contributed by atoms with Gasteiger partial charge in [0, 0.05) is 24.8 Å². The van der Waals surface area contributed by atoms with Crippen molar-refractivity contribution >= 4 is 33.4 Å². The Labute approximate surface area is 161 Å². The second-order valence-corrected chi connectivity index (χ2v) is 8.24. The predicted molar refractivity (Wildman–Crippen MR) is 98.6 cm³/mol. The second kappa shape index (κ2) is 8.03. The first-order valence-corrected chi connectivity index (χ1v) is 10.0. The molecule has 1 aliphatic heterocycles. The molecule has 1 fully saturated rings. The summed E-state index contributed by atoms with van der Waals surface area (Å²) in [6.07, 6.45) is 2.98. The number of pyridine rings is 1. The van der Waals surface area contributed by atoms with E-state index in [1.54, 1.807) is 0 Å². The lowest BCUT2D eigenvalue weighted by Crippen LogP contribution is -2.41. The minimum Gasteiger partial charge on any atom is -0.267 e. The first kappa shape index (κ1) is 19.3. The van der Waals surface area contributed by atoms with Crippen molar-refractivity contribution < 1.29 is 18.0 Å². The summed E-state index contributed by atoms with van der Waals surface area (Å²) in [6, 6.07) is 8.48. The van der Waals surface area contributed by atoms with Crippen molar-refractivity contribution in [3.8, 4) is 0 Å². The van der Waals surface area contributed by atoms with Gasteiger partial charge in [-0.05, 0) is 49.2 Å². The maximum absolute atomic E-state index is 12.5. The zero-order valence-corrected chi connectivity index (χ0v) is 15.8. The molecule has 0 saturated carbocycles. The molecule has 3 rings (SSSR count). The van der Waals surface area contributed by atoms with Crippen molar-refractivity contribution in [2.24, 2.45) is 0 Å². The average Bonchev–Trinajstić information content (AvgIpc) is 3.22. The number of carbonyl (C=O) groups is 2. The summed E-state index contributed by atoms with van der Waals surface area (Å²) in [5, 5.41) is 0.250. The molecular weight excluding hydrogens is 392 g/mol. The van der Waals surface area contributed by atoms with E-state index in [0.29, 0.717) is 13.1 Å². The fraction of sp³-hybridized carbons (Fsp3) is 0.235. The van der Waals surface area contributed by atoms with E-state index in [1.807, 2.05) is 0 Å². The van der Waals surface area contributed by atoms with E-state index in [2.05, 4.69) is 15.8 Å². The SMILES string of the molecule is O=C(NNC(=O)c1ccc(Cl)nc1)c1ccc(S(=O)(=O)N2CCCC2)cc1. The topological polar surface area (TPSA) is 108 Å². The minimum absolute atomic E-state index is 0.136. The number of hydrogen-bond donors (Lipinski definition) is 2. The van der Waals surface area contributed by atoms with Crippen molar-refractivity contribution in [2.75, 3.05) is 13.1 Å². The lowest BCUT2D eigenvalue weighted by atomic mass is 10.2. The minimum atomic E-state index is -3.53. The van der Waals surface area contributed by atoms with Gasteiger partial charge >= 0.3 is 0 Å². The first-order chi connectivity index (χ1) is 12.9. The Morgan fingerprint density at radius 3 is 2.04 bits per heavy atom. The van der Waals surface area contributed by atoms with Gasteiger partial charge in [0.25, 0.3) is 11.8 Å². The molecule has 1 aromatic carbocycles. The molecule has 0 atom stereocenters. The van der Waals surface area contributed by atoms with Gasteiger partial charge in [0.05, 0.1) is 10.5 Å². The summed E-state index contributed by atoms with van der Waals surface area (Å²) in [4.78, 5) is 28.0. The molecule has 2 N–H and O–H groups in total. The second-order valence-electron chi connectivity index (χ2n) is 5.91. The van der Waals surface area contributed by atoms with Crippen LogP contribution in [0.2, 0.25) is 5.15 Å². The van der Waals surface area contributed by atoms with Gasteiger partial charge in [-0.2, -0.15) is 4.31 Å². The molecule has 0 bridgehead atoms. The zero-order valence-electron chi connectivity index (χ0n) is 14.2. The Balaban J connectivity index is 1.62. The number of aromatic nitrogens is 1. The van der Waals surface area contributed by atoms with Gasteiger partial charge in [-0.1, -0.05) is 11.6 Å². The van der Waals surface area contributed by atoms with Crippen molar-refractivity contribution in [1.29, 1.82) is 0 Å². The molecule has 2 amide bonds. The lowest BCUT2D eigenvalue weighted by Gasteiger charge is -2.15. The molecule has 0 unspecified atom stereocenters. The van der Waals surface area contributed by atoms with Crippen LogP contribution in [0.3, 0.4) is 0 Å². The summed E-state index contributed by atoms with van der Waals surface area (Å²) in [7, 11) is -3.53. The molecule has 142 valence electrons. The van der Waals surface area contributed by atoms with Crippen LogP contribution < -0.4 is 10.9 Å². The summed E-state index contributed by atoms with van der Waals surface area (Å²) in [6.45, 7) is 1.02. The van der Waals surface area contributed by atoms with E-state index in [9.17, 15) is 18.0 Å². The Bertz CT molecular complexity index is 940. The van der Waals surface area contributed by atoms with Crippen molar-refractivity contribution in [1.82, 2.24) is 20.1 Å². The summed E-state index contributed by atoms with van der Waals surface area (Å²) >= 11 is 5.65. The van der Waals surface area contributed by atoms with E-state index < -0.39 is 21.8 Å². The highest BCUT2D eigenvalue weighted by molar-refractivity contribution is 7.89. The van der Waals surface area contributed by atoms with E-state index >= 15 is 0 Å². The fourth-order valence-electron chi connectivity index (χ4n) is 2.62. The molecule has 0 aliphatic carbocycles. The third-order valence-electron chi connectivity index (χ3n) is 4.10. The van der Waals surface area contributed by atoms with E-state index in [1.165, 1.54) is 46.9 Å². The monoisotopic (exact) mass is 408 g/mol. The molecule has 1 aromatic heterocycles. The maximum Gasteiger partial charge on any atom is 0.271 e. The van der Waals surface area contributed by atoms with Crippen LogP contribution >= 0.6 is 11.6 Å². The van der Waals surface area contributed by atoms with E-state index in [4.69, 9.17) is 11.6 Å². The van der Waals surface area contributed by atoms with Crippen LogP contribution in [-0.2, 0) is 10.0 Å². The zero-order chi connectivity index (χ0) is 19.4. The highest BCUT2D eigenvalue weighted by atomic mass is 35.5. The standard InChI is InChI=1S/C17H17ClN4O4S/c18-15-8-5-13(11-19-15)17(24)21-20-16(23)12-3-6-14(7-4-12)27(25,26)22-9-1-2-10-22/h3-8,11H,1-2,9-10H2,(H,20,23)(H,21,24). The molecule has 0 radical (unpaired) electrons. The van der Waals surface area contributed by atoms with Crippen LogP contribution in [0.1, 0.15) is 33.6 Å². The van der Waals surface area contributed by atoms with Crippen molar-refractivity contribution in [3.05, 3.63) is 58.9 Å². The van der Waals surface area contributed by atoms with Gasteiger partial charge in [0.2, 0.25) is 10.0 Å². The summed E-state index contributed by atoms with van der Waals surface area (Å²) in [5.74, 6) is -1.13. The average molecular weight is 409 g/mol. The van der Waals surface area contributed by atoms with Gasteiger partial charge in [-0.3, -0.25) is 20.4 Å². The number of nitrogens with one attached hydrogen (secondary N) is 2. The van der Waals surface area contributed by atoms with Crippen LogP contribution in [0, 0.1) is 0 Å². The normalized spacial score (nSPS) is 14.7. The highest BCUT2D eigenvalue weighted by Gasteiger charge is 2.27. The van der Waals surface area contributed by atoms with Crippen LogP contribution in [0.5, 0.6) is 0 Å². The number of amides is 2. The molecule has 2 aromatic rings. The largest absolute Gasteiger partial charge is 0.271 e. The molecule has 2 heterocycles. The number of hydrogen-bond acceptors (Lipinski definition) is 5. The summed E-state index contributed by atoms with van der Waals surface area (Å²) < 4.78 is 26.4. The lowest BCUT2D eigenvalue weighted by molar-refractivity contribution is 0.0846. The number of sulfonamides is 1. The number of hydrazine groups is 1. The number of nitrogens with zero attached hydrogens (tertiary/aromatic N) is 2. The van der Waals surface area contributed by atoms with Gasteiger partial charge in [-0.25, -0.2) is 13.4 Å². The quantitative estimate of drug-likeness (QED) is 0.590. The first-order valence-electron chi connectivity index (χ1n) is 8.20. The van der Waals surface area contributed by atoms with Crippen LogP contribution in [-0.4, -0.2) is 42.6 Å². The molecule has 27 heavy (non-hydrogen) atoms. The smallest absolute Gasteiger partial charge is 0.267 e. The number of rotatable bonds is 4.